The van der Waals surface area contributed by atoms with E-state index in [0.29, 0.717) is 0 Å². The van der Waals surface area contributed by atoms with Gasteiger partial charge in [-0.25, -0.2) is 4.98 Å². The highest BCUT2D eigenvalue weighted by atomic mass is 127. The van der Waals surface area contributed by atoms with Gasteiger partial charge < -0.3 is 4.42 Å². The van der Waals surface area contributed by atoms with E-state index in [1.807, 2.05) is 11.8 Å². The molecule has 0 aliphatic carbocycles. The van der Waals surface area contributed by atoms with E-state index >= 15 is 0 Å². The minimum absolute atomic E-state index is 0. The van der Waals surface area contributed by atoms with Crippen LogP contribution in [0.2, 0.25) is 0 Å². The Morgan fingerprint density at radius 3 is 1.91 bits per heavy atom. The Bertz CT molecular complexity index is 1270. The van der Waals surface area contributed by atoms with Gasteiger partial charge in [-0.15, -0.1) is 35.7 Å². The van der Waals surface area contributed by atoms with Gasteiger partial charge in [-0.05, 0) is 52.8 Å². The molecule has 4 aromatic carbocycles. The van der Waals surface area contributed by atoms with Crippen LogP contribution in [0, 0.1) is 0 Å². The summed E-state index contributed by atoms with van der Waals surface area (Å²) in [5, 5.41) is 4.01. The third-order valence-electron chi connectivity index (χ3n) is 5.44. The zero-order valence-corrected chi connectivity index (χ0v) is 22.8. The molecule has 1 aromatic heterocycles. The van der Waals surface area contributed by atoms with Crippen molar-refractivity contribution >= 4 is 59.6 Å². The summed E-state index contributed by atoms with van der Waals surface area (Å²) in [6, 6.07) is 37.1. The highest BCUT2D eigenvalue weighted by Crippen LogP contribution is 2.42. The first-order chi connectivity index (χ1) is 16.3. The summed E-state index contributed by atoms with van der Waals surface area (Å²) in [5.74, 6) is 1.01. The van der Waals surface area contributed by atoms with Crippen LogP contribution in [0.1, 0.15) is 6.92 Å². The quantitative estimate of drug-likeness (QED) is 0.111. The first-order valence-corrected chi connectivity index (χ1v) is 13.3. The molecular formula is C29H25INOPS. The van der Waals surface area contributed by atoms with E-state index in [0.717, 1.165) is 17.0 Å². The lowest BCUT2D eigenvalue weighted by Crippen LogP contribution is -2.23. The average molecular weight is 593 g/mol. The summed E-state index contributed by atoms with van der Waals surface area (Å²) in [7, 11) is -0.781. The summed E-state index contributed by atoms with van der Waals surface area (Å²) >= 11 is 1.86. The van der Waals surface area contributed by atoms with Crippen molar-refractivity contribution in [1.29, 1.82) is 0 Å². The Morgan fingerprint density at radius 1 is 0.794 bits per heavy atom. The van der Waals surface area contributed by atoms with Gasteiger partial charge in [-0.2, -0.15) is 0 Å². The number of hydrogen-bond donors (Lipinski definition) is 0. The fourth-order valence-corrected chi connectivity index (χ4v) is 7.42. The van der Waals surface area contributed by atoms with Crippen molar-refractivity contribution in [3.05, 3.63) is 116 Å². The van der Waals surface area contributed by atoms with Crippen LogP contribution in [0.25, 0.3) is 22.4 Å². The first kappa shape index (κ1) is 24.7. The molecular weight excluding hydrogens is 568 g/mol. The van der Waals surface area contributed by atoms with E-state index in [1.54, 1.807) is 6.26 Å². The van der Waals surface area contributed by atoms with Crippen LogP contribution in [0.5, 0.6) is 0 Å². The highest BCUT2D eigenvalue weighted by Gasteiger charge is 2.24. The molecule has 34 heavy (non-hydrogen) atoms. The number of benzene rings is 4. The molecule has 0 bridgehead atoms. The van der Waals surface area contributed by atoms with Crippen LogP contribution in [-0.4, -0.2) is 10.7 Å². The third kappa shape index (κ3) is 5.30. The Labute approximate surface area is 223 Å². The maximum absolute atomic E-state index is 5.42. The summed E-state index contributed by atoms with van der Waals surface area (Å²) in [6.07, 6.45) is 3.26. The van der Waals surface area contributed by atoms with Crippen LogP contribution in [0.15, 0.2) is 125 Å². The van der Waals surface area contributed by atoms with Crippen LogP contribution >= 0.6 is 43.7 Å². The molecule has 0 saturated heterocycles. The normalized spacial score (nSPS) is 10.8. The second-order valence-corrected chi connectivity index (χ2v) is 11.1. The molecule has 0 spiro atoms. The Morgan fingerprint density at radius 2 is 1.38 bits per heavy atom. The molecule has 1 heterocycles. The summed E-state index contributed by atoms with van der Waals surface area (Å²) in [4.78, 5) is 5.81. The van der Waals surface area contributed by atoms with Crippen molar-refractivity contribution < 1.29 is 4.42 Å². The van der Waals surface area contributed by atoms with Crippen molar-refractivity contribution in [2.75, 3.05) is 5.75 Å². The van der Waals surface area contributed by atoms with E-state index < -0.39 is 7.92 Å². The molecule has 0 fully saturated rings. The second-order valence-electron chi connectivity index (χ2n) is 7.54. The Kier molecular flexibility index (Phi) is 8.60. The molecule has 0 unspecified atom stereocenters. The molecule has 0 aliphatic rings. The summed E-state index contributed by atoms with van der Waals surface area (Å²) in [6.45, 7) is 2.20. The zero-order chi connectivity index (χ0) is 22.5. The largest absolute Gasteiger partial charge is 0.451 e. The van der Waals surface area contributed by atoms with Gasteiger partial charge in [0.05, 0.1) is 0 Å². The molecule has 0 radical (unpaired) electrons. The summed E-state index contributed by atoms with van der Waals surface area (Å²) in [5.41, 5.74) is 4.40. The second kappa shape index (κ2) is 11.8. The monoisotopic (exact) mass is 593 g/mol. The average Bonchev–Trinajstić information content (AvgIpc) is 3.41. The molecule has 0 amide bonds. The SMILES string of the molecule is CCSc1cc(-c2cocn2)c(-c2ccccc2)c(P(c2ccccc2)c2ccccc2)c1.I. The van der Waals surface area contributed by atoms with E-state index in [1.165, 1.54) is 38.3 Å². The third-order valence-corrected chi connectivity index (χ3v) is 8.76. The highest BCUT2D eigenvalue weighted by molar-refractivity contribution is 14.0. The first-order valence-electron chi connectivity index (χ1n) is 11.0. The number of oxazole rings is 1. The van der Waals surface area contributed by atoms with Gasteiger partial charge >= 0.3 is 0 Å². The topological polar surface area (TPSA) is 26.0 Å². The lowest BCUT2D eigenvalue weighted by Gasteiger charge is -2.25. The van der Waals surface area contributed by atoms with Gasteiger partial charge in [-0.1, -0.05) is 97.9 Å². The molecule has 0 saturated carbocycles. The lowest BCUT2D eigenvalue weighted by molar-refractivity contribution is 0.558. The molecule has 5 aromatic rings. The standard InChI is InChI=1S/C29H24NOPS.HI/c1-2-33-25-18-26(27-20-31-21-30-27)29(22-12-6-3-7-13-22)28(19-25)32(23-14-8-4-9-15-23)24-16-10-5-11-17-24;/h3-21H,2H2,1H3;1H. The molecule has 5 heteroatoms. The fourth-order valence-electron chi connectivity index (χ4n) is 4.06. The molecule has 170 valence electrons. The van der Waals surface area contributed by atoms with Gasteiger partial charge in [0, 0.05) is 10.5 Å². The van der Waals surface area contributed by atoms with Crippen molar-refractivity contribution in [1.82, 2.24) is 4.98 Å². The van der Waals surface area contributed by atoms with Gasteiger partial charge in [0.15, 0.2) is 6.39 Å². The van der Waals surface area contributed by atoms with Crippen LogP contribution < -0.4 is 15.9 Å². The predicted octanol–water partition coefficient (Wildman–Crippen LogP) is 7.50. The number of thioether (sulfide) groups is 1. The van der Waals surface area contributed by atoms with Crippen molar-refractivity contribution in [2.24, 2.45) is 0 Å². The maximum atomic E-state index is 5.42. The lowest BCUT2D eigenvalue weighted by atomic mass is 9.98. The van der Waals surface area contributed by atoms with Crippen LogP contribution in [0.4, 0.5) is 0 Å². The van der Waals surface area contributed by atoms with Gasteiger partial charge in [0.25, 0.3) is 0 Å². The minimum Gasteiger partial charge on any atom is -0.451 e. The number of nitrogens with zero attached hydrogens (tertiary/aromatic N) is 1. The van der Waals surface area contributed by atoms with E-state index in [-0.39, 0.29) is 24.0 Å². The number of aromatic nitrogens is 1. The number of halogens is 1. The van der Waals surface area contributed by atoms with Crippen molar-refractivity contribution in [2.45, 2.75) is 11.8 Å². The molecule has 0 atom stereocenters. The summed E-state index contributed by atoms with van der Waals surface area (Å²) < 4.78 is 5.42. The van der Waals surface area contributed by atoms with Crippen LogP contribution in [-0.2, 0) is 0 Å². The number of hydrogen-bond acceptors (Lipinski definition) is 3. The van der Waals surface area contributed by atoms with Gasteiger partial charge in [0.1, 0.15) is 12.0 Å². The van der Waals surface area contributed by atoms with E-state index in [9.17, 15) is 0 Å². The predicted molar refractivity (Wildman–Crippen MR) is 158 cm³/mol. The van der Waals surface area contributed by atoms with Gasteiger partial charge in [-0.3, -0.25) is 0 Å². The van der Waals surface area contributed by atoms with Crippen LogP contribution in [0.3, 0.4) is 0 Å². The van der Waals surface area contributed by atoms with E-state index in [4.69, 9.17) is 4.42 Å². The fraction of sp³-hybridized carbons (Fsp3) is 0.0690. The zero-order valence-electron chi connectivity index (χ0n) is 18.8. The van der Waals surface area contributed by atoms with Gasteiger partial charge in [0.2, 0.25) is 0 Å². The number of rotatable bonds is 7. The molecule has 0 N–H and O–H groups in total. The smallest absolute Gasteiger partial charge is 0.181 e. The van der Waals surface area contributed by atoms with Crippen molar-refractivity contribution in [3.63, 3.8) is 0 Å². The molecule has 5 rings (SSSR count). The Balaban J connectivity index is 0.00000274. The minimum atomic E-state index is -0.781. The maximum Gasteiger partial charge on any atom is 0.181 e. The van der Waals surface area contributed by atoms with Crippen molar-refractivity contribution in [3.8, 4) is 22.4 Å². The Hall–Kier alpha value is -2.40. The van der Waals surface area contributed by atoms with E-state index in [2.05, 4.69) is 115 Å². The molecule has 2 nitrogen and oxygen atoms in total. The molecule has 0 aliphatic heterocycles.